The molecule has 3 nitrogen and oxygen atoms in total. The van der Waals surface area contributed by atoms with Crippen molar-refractivity contribution in [3.63, 3.8) is 0 Å². The Hall–Kier alpha value is -0.480. The third kappa shape index (κ3) is 5.02. The van der Waals surface area contributed by atoms with E-state index < -0.39 is 0 Å². The van der Waals surface area contributed by atoms with Gasteiger partial charge in [-0.1, -0.05) is 30.1 Å². The van der Waals surface area contributed by atoms with Gasteiger partial charge in [0.1, 0.15) is 12.4 Å². The highest BCUT2D eigenvalue weighted by Crippen LogP contribution is 2.32. The lowest BCUT2D eigenvalue weighted by Gasteiger charge is -2.16. The van der Waals surface area contributed by atoms with Gasteiger partial charge in [0.15, 0.2) is 0 Å². The minimum Gasteiger partial charge on any atom is -0.490 e. The fourth-order valence-electron chi connectivity index (χ4n) is 1.50. The second kappa shape index (κ2) is 7.85. The highest BCUT2D eigenvalue weighted by atomic mass is 35.5. The Morgan fingerprint density at radius 2 is 2.00 bits per heavy atom. The molecule has 1 aromatic rings. The Kier molecular flexibility index (Phi) is 6.79. The predicted octanol–water partition coefficient (Wildman–Crippen LogP) is 3.04. The van der Waals surface area contributed by atoms with Crippen LogP contribution in [0, 0.1) is 0 Å². The third-order valence-electron chi connectivity index (χ3n) is 2.44. The maximum absolute atomic E-state index is 6.18. The van der Waals surface area contributed by atoms with E-state index in [1.165, 1.54) is 0 Å². The molecule has 0 radical (unpaired) electrons. The summed E-state index contributed by atoms with van der Waals surface area (Å²) in [5, 5.41) is 4.45. The molecule has 0 heterocycles. The van der Waals surface area contributed by atoms with Crippen molar-refractivity contribution in [2.45, 2.75) is 13.5 Å². The lowest BCUT2D eigenvalue weighted by molar-refractivity contribution is 0.259. The van der Waals surface area contributed by atoms with Crippen molar-refractivity contribution in [1.29, 1.82) is 0 Å². The fourth-order valence-corrected chi connectivity index (χ4v) is 2.09. The first-order valence-electron chi connectivity index (χ1n) is 6.00. The molecule has 0 saturated heterocycles. The molecule has 0 aliphatic rings. The maximum atomic E-state index is 6.18. The van der Waals surface area contributed by atoms with Gasteiger partial charge in [0.2, 0.25) is 0 Å². The SMILES string of the molecule is CCNCc1cc(Cl)cc(Cl)c1OCCN(C)C. The van der Waals surface area contributed by atoms with Crippen LogP contribution in [0.2, 0.25) is 10.0 Å². The number of hydrogen-bond acceptors (Lipinski definition) is 3. The molecule has 0 aromatic heterocycles. The van der Waals surface area contributed by atoms with Gasteiger partial charge >= 0.3 is 0 Å². The van der Waals surface area contributed by atoms with E-state index in [1.807, 2.05) is 20.2 Å². The number of rotatable bonds is 7. The smallest absolute Gasteiger partial charge is 0.142 e. The van der Waals surface area contributed by atoms with Gasteiger partial charge in [-0.15, -0.1) is 0 Å². The van der Waals surface area contributed by atoms with E-state index in [1.54, 1.807) is 6.07 Å². The largest absolute Gasteiger partial charge is 0.490 e. The van der Waals surface area contributed by atoms with Crippen molar-refractivity contribution in [3.8, 4) is 5.75 Å². The quantitative estimate of drug-likeness (QED) is 0.835. The number of nitrogens with one attached hydrogen (secondary N) is 1. The molecule has 1 rings (SSSR count). The summed E-state index contributed by atoms with van der Waals surface area (Å²) in [4.78, 5) is 2.06. The first kappa shape index (κ1) is 15.6. The van der Waals surface area contributed by atoms with Gasteiger partial charge in [0, 0.05) is 23.7 Å². The normalized spacial score (nSPS) is 11.0. The lowest BCUT2D eigenvalue weighted by atomic mass is 10.2. The zero-order chi connectivity index (χ0) is 13.5. The molecule has 102 valence electrons. The number of halogens is 2. The highest BCUT2D eigenvalue weighted by molar-refractivity contribution is 6.35. The molecule has 0 atom stereocenters. The Morgan fingerprint density at radius 3 is 2.61 bits per heavy atom. The second-order valence-electron chi connectivity index (χ2n) is 4.31. The van der Waals surface area contributed by atoms with E-state index in [4.69, 9.17) is 27.9 Å². The van der Waals surface area contributed by atoms with Crippen molar-refractivity contribution in [2.75, 3.05) is 33.8 Å². The highest BCUT2D eigenvalue weighted by Gasteiger charge is 2.10. The summed E-state index contributed by atoms with van der Waals surface area (Å²) in [6, 6.07) is 3.60. The molecule has 0 amide bonds. The summed E-state index contributed by atoms with van der Waals surface area (Å²) in [6.07, 6.45) is 0. The van der Waals surface area contributed by atoms with E-state index >= 15 is 0 Å². The summed E-state index contributed by atoms with van der Waals surface area (Å²) in [6.45, 7) is 5.10. The zero-order valence-corrected chi connectivity index (χ0v) is 12.6. The molecule has 0 aliphatic carbocycles. The van der Waals surface area contributed by atoms with Crippen LogP contribution in [-0.2, 0) is 6.54 Å². The molecule has 1 N–H and O–H groups in total. The van der Waals surface area contributed by atoms with Crippen LogP contribution in [0.4, 0.5) is 0 Å². The minimum atomic E-state index is 0.564. The number of likely N-dealkylation sites (N-methyl/N-ethyl adjacent to an activating group) is 1. The van der Waals surface area contributed by atoms with Crippen LogP contribution in [0.5, 0.6) is 5.75 Å². The van der Waals surface area contributed by atoms with Crippen molar-refractivity contribution in [1.82, 2.24) is 10.2 Å². The summed E-state index contributed by atoms with van der Waals surface area (Å²) >= 11 is 12.2. The molecule has 0 saturated carbocycles. The predicted molar refractivity (Wildman–Crippen MR) is 77.9 cm³/mol. The number of ether oxygens (including phenoxy) is 1. The second-order valence-corrected chi connectivity index (χ2v) is 5.15. The first-order chi connectivity index (χ1) is 8.54. The van der Waals surface area contributed by atoms with Gasteiger partial charge < -0.3 is 15.0 Å². The number of hydrogen-bond donors (Lipinski definition) is 1. The number of nitrogens with zero attached hydrogens (tertiary/aromatic N) is 1. The summed E-state index contributed by atoms with van der Waals surface area (Å²) in [5.41, 5.74) is 0.994. The van der Waals surface area contributed by atoms with Crippen LogP contribution in [0.1, 0.15) is 12.5 Å². The summed E-state index contributed by atoms with van der Waals surface area (Å²) < 4.78 is 5.76. The zero-order valence-electron chi connectivity index (χ0n) is 11.1. The Labute approximate surface area is 119 Å². The van der Waals surface area contributed by atoms with Crippen molar-refractivity contribution < 1.29 is 4.74 Å². The topological polar surface area (TPSA) is 24.5 Å². The maximum Gasteiger partial charge on any atom is 0.142 e. The van der Waals surface area contributed by atoms with E-state index in [2.05, 4.69) is 17.1 Å². The Bertz CT molecular complexity index is 383. The van der Waals surface area contributed by atoms with Crippen molar-refractivity contribution in [2.24, 2.45) is 0 Å². The van der Waals surface area contributed by atoms with Crippen LogP contribution in [0.25, 0.3) is 0 Å². The molecule has 0 fully saturated rings. The Balaban J connectivity index is 2.78. The monoisotopic (exact) mass is 290 g/mol. The molecular weight excluding hydrogens is 271 g/mol. The Morgan fingerprint density at radius 1 is 1.28 bits per heavy atom. The third-order valence-corrected chi connectivity index (χ3v) is 2.93. The first-order valence-corrected chi connectivity index (χ1v) is 6.76. The molecule has 0 unspecified atom stereocenters. The lowest BCUT2D eigenvalue weighted by Crippen LogP contribution is -2.20. The summed E-state index contributed by atoms with van der Waals surface area (Å²) in [5.74, 6) is 0.726. The van der Waals surface area contributed by atoms with E-state index in [0.717, 1.165) is 24.4 Å². The molecule has 0 bridgehead atoms. The summed E-state index contributed by atoms with van der Waals surface area (Å²) in [7, 11) is 4.01. The molecule has 18 heavy (non-hydrogen) atoms. The van der Waals surface area contributed by atoms with Crippen molar-refractivity contribution >= 4 is 23.2 Å². The molecule has 5 heteroatoms. The molecule has 1 aromatic carbocycles. The van der Waals surface area contributed by atoms with E-state index in [0.29, 0.717) is 23.2 Å². The van der Waals surface area contributed by atoms with Gasteiger partial charge in [0.25, 0.3) is 0 Å². The van der Waals surface area contributed by atoms with E-state index in [-0.39, 0.29) is 0 Å². The van der Waals surface area contributed by atoms with Crippen LogP contribution < -0.4 is 10.1 Å². The van der Waals surface area contributed by atoms with Crippen LogP contribution >= 0.6 is 23.2 Å². The van der Waals surface area contributed by atoms with Crippen LogP contribution in [0.15, 0.2) is 12.1 Å². The molecule has 0 spiro atoms. The molecular formula is C13H20Cl2N2O. The van der Waals surface area contributed by atoms with Gasteiger partial charge in [-0.05, 0) is 32.8 Å². The van der Waals surface area contributed by atoms with Gasteiger partial charge in [-0.2, -0.15) is 0 Å². The van der Waals surface area contributed by atoms with Gasteiger partial charge in [-0.25, -0.2) is 0 Å². The van der Waals surface area contributed by atoms with Gasteiger partial charge in [-0.3, -0.25) is 0 Å². The average molecular weight is 291 g/mol. The van der Waals surface area contributed by atoms with Crippen molar-refractivity contribution in [3.05, 3.63) is 27.7 Å². The van der Waals surface area contributed by atoms with Gasteiger partial charge in [0.05, 0.1) is 5.02 Å². The molecule has 0 aliphatic heterocycles. The van der Waals surface area contributed by atoms with E-state index in [9.17, 15) is 0 Å². The number of benzene rings is 1. The fraction of sp³-hybridized carbons (Fsp3) is 0.538. The standard InChI is InChI=1S/C13H20Cl2N2O/c1-4-16-9-10-7-11(14)8-12(15)13(10)18-6-5-17(2)3/h7-8,16H,4-6,9H2,1-3H3. The van der Waals surface area contributed by atoms with Crippen LogP contribution in [0.3, 0.4) is 0 Å². The van der Waals surface area contributed by atoms with Crippen LogP contribution in [-0.4, -0.2) is 38.7 Å². The minimum absolute atomic E-state index is 0.564. The average Bonchev–Trinajstić information content (AvgIpc) is 2.28.